The molecular formula is C23H20N4O3. The summed E-state index contributed by atoms with van der Waals surface area (Å²) >= 11 is 0. The van der Waals surface area contributed by atoms with Crippen molar-refractivity contribution < 1.29 is 14.4 Å². The van der Waals surface area contributed by atoms with Gasteiger partial charge in [-0.1, -0.05) is 30.3 Å². The number of hydrogen-bond acceptors (Lipinski definition) is 3. The lowest BCUT2D eigenvalue weighted by Gasteiger charge is -2.40. The van der Waals surface area contributed by atoms with Crippen molar-refractivity contribution in [1.29, 1.82) is 0 Å². The van der Waals surface area contributed by atoms with Crippen LogP contribution < -0.4 is 10.2 Å². The Morgan fingerprint density at radius 3 is 2.37 bits per heavy atom. The fourth-order valence-corrected chi connectivity index (χ4v) is 4.19. The van der Waals surface area contributed by atoms with Crippen molar-refractivity contribution in [3.05, 3.63) is 89.7 Å². The minimum absolute atomic E-state index is 0.123. The Morgan fingerprint density at radius 2 is 1.57 bits per heavy atom. The molecule has 0 unspecified atom stereocenters. The SMILES string of the molecule is O=C(CN1C(=O)c2ccccc2N2C(=O)c3ccccc3[C@@H]12)NCCn1cccc1. The van der Waals surface area contributed by atoms with E-state index >= 15 is 0 Å². The summed E-state index contributed by atoms with van der Waals surface area (Å²) in [4.78, 5) is 42.2. The number of rotatable bonds is 5. The lowest BCUT2D eigenvalue weighted by atomic mass is 10.0. The number of aromatic nitrogens is 1. The van der Waals surface area contributed by atoms with Gasteiger partial charge in [0.25, 0.3) is 11.8 Å². The summed E-state index contributed by atoms with van der Waals surface area (Å²) in [6.07, 6.45) is 3.23. The van der Waals surface area contributed by atoms with E-state index in [9.17, 15) is 14.4 Å². The minimum atomic E-state index is -0.619. The molecular weight excluding hydrogens is 380 g/mol. The monoisotopic (exact) mass is 400 g/mol. The number of fused-ring (bicyclic) bond motifs is 5. The highest BCUT2D eigenvalue weighted by atomic mass is 16.2. The predicted octanol–water partition coefficient (Wildman–Crippen LogP) is 2.42. The molecule has 7 nitrogen and oxygen atoms in total. The summed E-state index contributed by atoms with van der Waals surface area (Å²) in [5, 5.41) is 2.87. The number of para-hydroxylation sites is 1. The third-order valence-electron chi connectivity index (χ3n) is 5.56. The Morgan fingerprint density at radius 1 is 0.867 bits per heavy atom. The van der Waals surface area contributed by atoms with Gasteiger partial charge >= 0.3 is 0 Å². The first kappa shape index (κ1) is 18.2. The van der Waals surface area contributed by atoms with Crippen molar-refractivity contribution in [1.82, 2.24) is 14.8 Å². The third kappa shape index (κ3) is 2.86. The molecule has 7 heteroatoms. The average Bonchev–Trinajstić information content (AvgIpc) is 3.38. The van der Waals surface area contributed by atoms with Gasteiger partial charge in [-0.2, -0.15) is 0 Å². The van der Waals surface area contributed by atoms with Gasteiger partial charge in [-0.05, 0) is 30.3 Å². The second-order valence-electron chi connectivity index (χ2n) is 7.36. The number of anilines is 1. The molecule has 150 valence electrons. The molecule has 1 aromatic heterocycles. The zero-order valence-corrected chi connectivity index (χ0v) is 16.2. The highest BCUT2D eigenvalue weighted by Crippen LogP contribution is 2.44. The molecule has 1 N–H and O–H groups in total. The molecule has 1 atom stereocenters. The number of benzene rings is 2. The minimum Gasteiger partial charge on any atom is -0.353 e. The van der Waals surface area contributed by atoms with Gasteiger partial charge < -0.3 is 14.8 Å². The van der Waals surface area contributed by atoms with Crippen LogP contribution in [0.15, 0.2) is 73.1 Å². The average molecular weight is 400 g/mol. The smallest absolute Gasteiger partial charge is 0.260 e. The molecule has 3 amide bonds. The van der Waals surface area contributed by atoms with Gasteiger partial charge in [0.2, 0.25) is 5.91 Å². The molecule has 0 saturated carbocycles. The summed E-state index contributed by atoms with van der Waals surface area (Å²) in [6, 6.07) is 18.2. The van der Waals surface area contributed by atoms with Crippen LogP contribution in [0.5, 0.6) is 0 Å². The Labute approximate surface area is 173 Å². The molecule has 0 fully saturated rings. The van der Waals surface area contributed by atoms with Gasteiger partial charge in [0.1, 0.15) is 12.7 Å². The van der Waals surface area contributed by atoms with Crippen molar-refractivity contribution in [3.8, 4) is 0 Å². The zero-order chi connectivity index (χ0) is 20.7. The van der Waals surface area contributed by atoms with Gasteiger partial charge in [-0.25, -0.2) is 0 Å². The molecule has 0 spiro atoms. The van der Waals surface area contributed by atoms with Gasteiger partial charge in [0, 0.05) is 36.6 Å². The van der Waals surface area contributed by atoms with Crippen molar-refractivity contribution in [3.63, 3.8) is 0 Å². The van der Waals surface area contributed by atoms with Crippen LogP contribution in [0.25, 0.3) is 0 Å². The summed E-state index contributed by atoms with van der Waals surface area (Å²) in [6.45, 7) is 0.976. The van der Waals surface area contributed by atoms with Crippen molar-refractivity contribution >= 4 is 23.4 Å². The molecule has 5 rings (SSSR count). The topological polar surface area (TPSA) is 74.7 Å². The van der Waals surface area contributed by atoms with Crippen LogP contribution in [0, 0.1) is 0 Å². The quantitative estimate of drug-likeness (QED) is 0.715. The van der Waals surface area contributed by atoms with Crippen LogP contribution in [0.2, 0.25) is 0 Å². The van der Waals surface area contributed by atoms with Crippen LogP contribution in [-0.4, -0.2) is 40.3 Å². The number of amides is 3. The maximum atomic E-state index is 13.3. The Balaban J connectivity index is 1.43. The number of hydrogen-bond donors (Lipinski definition) is 1. The maximum absolute atomic E-state index is 13.3. The van der Waals surface area contributed by atoms with Crippen LogP contribution in [-0.2, 0) is 11.3 Å². The number of nitrogens with one attached hydrogen (secondary N) is 1. The van der Waals surface area contributed by atoms with Gasteiger partial charge in [-0.3, -0.25) is 19.3 Å². The van der Waals surface area contributed by atoms with E-state index in [1.807, 2.05) is 47.3 Å². The largest absolute Gasteiger partial charge is 0.353 e. The molecule has 30 heavy (non-hydrogen) atoms. The van der Waals surface area contributed by atoms with E-state index in [1.165, 1.54) is 4.90 Å². The lowest BCUT2D eigenvalue weighted by Crippen LogP contribution is -2.51. The third-order valence-corrected chi connectivity index (χ3v) is 5.56. The fraction of sp³-hybridized carbons (Fsp3) is 0.174. The first-order chi connectivity index (χ1) is 14.6. The lowest BCUT2D eigenvalue weighted by molar-refractivity contribution is -0.122. The van der Waals surface area contributed by atoms with E-state index < -0.39 is 6.17 Å². The van der Waals surface area contributed by atoms with Crippen molar-refractivity contribution in [2.45, 2.75) is 12.7 Å². The molecule has 3 heterocycles. The summed E-state index contributed by atoms with van der Waals surface area (Å²) in [5.41, 5.74) is 2.31. The molecule has 3 aromatic rings. The van der Waals surface area contributed by atoms with Gasteiger partial charge in [0.05, 0.1) is 11.3 Å². The summed E-state index contributed by atoms with van der Waals surface area (Å²) in [7, 11) is 0. The number of carbonyl (C=O) groups is 3. The molecule has 0 bridgehead atoms. The second kappa shape index (κ2) is 7.18. The second-order valence-corrected chi connectivity index (χ2v) is 7.36. The highest BCUT2D eigenvalue weighted by molar-refractivity contribution is 6.17. The fourth-order valence-electron chi connectivity index (χ4n) is 4.19. The standard InChI is InChI=1S/C23H20N4O3/c28-20(24-11-14-25-12-5-6-13-25)15-26-21-16-7-1-2-8-17(16)23(30)27(21)19-10-4-3-9-18(19)22(26)29/h1-10,12-13,21H,11,14-15H2,(H,24,28)/t21-/m0/s1. The van der Waals surface area contributed by atoms with E-state index in [-0.39, 0.29) is 24.3 Å². The number of carbonyl (C=O) groups excluding carboxylic acids is 3. The van der Waals surface area contributed by atoms with Crippen LogP contribution >= 0.6 is 0 Å². The van der Waals surface area contributed by atoms with Crippen LogP contribution in [0.1, 0.15) is 32.4 Å². The maximum Gasteiger partial charge on any atom is 0.260 e. The molecule has 0 saturated heterocycles. The van der Waals surface area contributed by atoms with E-state index in [2.05, 4.69) is 5.32 Å². The molecule has 0 radical (unpaired) electrons. The molecule has 0 aliphatic carbocycles. The molecule has 2 aromatic carbocycles. The Kier molecular flexibility index (Phi) is 4.35. The zero-order valence-electron chi connectivity index (χ0n) is 16.2. The van der Waals surface area contributed by atoms with Crippen LogP contribution in [0.3, 0.4) is 0 Å². The van der Waals surface area contributed by atoms with E-state index in [0.29, 0.717) is 29.9 Å². The first-order valence-electron chi connectivity index (χ1n) is 9.85. The Bertz CT molecular complexity index is 1140. The van der Waals surface area contributed by atoms with E-state index in [0.717, 1.165) is 5.56 Å². The predicted molar refractivity (Wildman–Crippen MR) is 111 cm³/mol. The number of nitrogens with zero attached hydrogens (tertiary/aromatic N) is 3. The van der Waals surface area contributed by atoms with Crippen molar-refractivity contribution in [2.24, 2.45) is 0 Å². The summed E-state index contributed by atoms with van der Waals surface area (Å²) < 4.78 is 1.97. The van der Waals surface area contributed by atoms with E-state index in [1.54, 1.807) is 35.2 Å². The first-order valence-corrected chi connectivity index (χ1v) is 9.85. The molecule has 2 aliphatic rings. The molecule has 2 aliphatic heterocycles. The highest BCUT2D eigenvalue weighted by Gasteiger charge is 2.47. The van der Waals surface area contributed by atoms with Crippen molar-refractivity contribution in [2.75, 3.05) is 18.0 Å². The normalized spacial score (nSPS) is 16.9. The Hall–Kier alpha value is -3.87. The van der Waals surface area contributed by atoms with Gasteiger partial charge in [-0.15, -0.1) is 0 Å². The van der Waals surface area contributed by atoms with Gasteiger partial charge in [0.15, 0.2) is 0 Å². The summed E-state index contributed by atoms with van der Waals surface area (Å²) in [5.74, 6) is -0.669. The van der Waals surface area contributed by atoms with E-state index in [4.69, 9.17) is 0 Å². The van der Waals surface area contributed by atoms with Crippen LogP contribution in [0.4, 0.5) is 5.69 Å².